The molecular formula is C15H23BO3. The van der Waals surface area contributed by atoms with Crippen LogP contribution in [0.5, 0.6) is 0 Å². The molecule has 1 aromatic rings. The molecule has 0 amide bonds. The molecule has 4 heteroatoms. The van der Waals surface area contributed by atoms with E-state index in [9.17, 15) is 0 Å². The van der Waals surface area contributed by atoms with E-state index < -0.39 is 0 Å². The summed E-state index contributed by atoms with van der Waals surface area (Å²) in [5, 5.41) is 0. The minimum Gasteiger partial charge on any atom is -0.399 e. The van der Waals surface area contributed by atoms with Gasteiger partial charge in [0.05, 0.1) is 17.8 Å². The van der Waals surface area contributed by atoms with Crippen LogP contribution in [0, 0.1) is 0 Å². The summed E-state index contributed by atoms with van der Waals surface area (Å²) < 4.78 is 17.4. The maximum atomic E-state index is 6.02. The number of benzene rings is 1. The molecule has 1 aromatic carbocycles. The van der Waals surface area contributed by atoms with Gasteiger partial charge in [-0.05, 0) is 45.6 Å². The maximum absolute atomic E-state index is 6.02. The minimum atomic E-state index is -0.290. The van der Waals surface area contributed by atoms with E-state index in [-0.39, 0.29) is 18.3 Å². The first kappa shape index (κ1) is 14.6. The summed E-state index contributed by atoms with van der Waals surface area (Å²) >= 11 is 0. The molecule has 0 radical (unpaired) electrons. The fraction of sp³-hybridized carbons (Fsp3) is 0.600. The Labute approximate surface area is 116 Å². The van der Waals surface area contributed by atoms with Crippen molar-refractivity contribution in [1.82, 2.24) is 0 Å². The van der Waals surface area contributed by atoms with Crippen molar-refractivity contribution in [2.45, 2.75) is 52.4 Å². The quantitative estimate of drug-likeness (QED) is 0.780. The Bertz CT molecular complexity index is 410. The van der Waals surface area contributed by atoms with Gasteiger partial charge in [0, 0.05) is 6.61 Å². The molecule has 0 aliphatic carbocycles. The highest BCUT2D eigenvalue weighted by Crippen LogP contribution is 2.36. The average Bonchev–Trinajstić information content (AvgIpc) is 2.56. The molecule has 19 heavy (non-hydrogen) atoms. The monoisotopic (exact) mass is 262 g/mol. The molecule has 2 rings (SSSR count). The van der Waals surface area contributed by atoms with Gasteiger partial charge < -0.3 is 14.0 Å². The van der Waals surface area contributed by atoms with Crippen molar-refractivity contribution in [2.24, 2.45) is 0 Å². The third-order valence-electron chi connectivity index (χ3n) is 3.98. The van der Waals surface area contributed by atoms with Gasteiger partial charge in [-0.2, -0.15) is 0 Å². The summed E-state index contributed by atoms with van der Waals surface area (Å²) in [7, 11) is -0.286. The van der Waals surface area contributed by atoms with Crippen LogP contribution in [-0.4, -0.2) is 24.9 Å². The van der Waals surface area contributed by atoms with Gasteiger partial charge in [-0.15, -0.1) is 0 Å². The summed E-state index contributed by atoms with van der Waals surface area (Å²) in [6.07, 6.45) is 0. The molecule has 1 aliphatic heterocycles. The lowest BCUT2D eigenvalue weighted by Crippen LogP contribution is -2.41. The summed E-state index contributed by atoms with van der Waals surface area (Å²) in [6, 6.07) is 8.24. The minimum absolute atomic E-state index is 0.286. The highest BCUT2D eigenvalue weighted by molar-refractivity contribution is 6.62. The van der Waals surface area contributed by atoms with Crippen molar-refractivity contribution in [1.29, 1.82) is 0 Å². The number of hydrogen-bond donors (Lipinski definition) is 0. The Morgan fingerprint density at radius 1 is 1.00 bits per heavy atom. The molecule has 1 heterocycles. The molecule has 0 aromatic heterocycles. The van der Waals surface area contributed by atoms with Crippen molar-refractivity contribution >= 4 is 12.6 Å². The lowest BCUT2D eigenvalue weighted by molar-refractivity contribution is 0.00578. The smallest absolute Gasteiger partial charge is 0.399 e. The van der Waals surface area contributed by atoms with Crippen LogP contribution in [0.2, 0.25) is 0 Å². The highest BCUT2D eigenvalue weighted by atomic mass is 16.7. The summed E-state index contributed by atoms with van der Waals surface area (Å²) in [4.78, 5) is 0. The van der Waals surface area contributed by atoms with E-state index in [4.69, 9.17) is 14.0 Å². The molecule has 1 aliphatic rings. The van der Waals surface area contributed by atoms with Gasteiger partial charge in [0.25, 0.3) is 0 Å². The molecule has 0 atom stereocenters. The highest BCUT2D eigenvalue weighted by Gasteiger charge is 2.51. The lowest BCUT2D eigenvalue weighted by atomic mass is 9.79. The van der Waals surface area contributed by atoms with E-state index in [0.717, 1.165) is 12.1 Å². The predicted molar refractivity (Wildman–Crippen MR) is 77.5 cm³/mol. The molecule has 1 saturated heterocycles. The Morgan fingerprint density at radius 2 is 1.53 bits per heavy atom. The third-order valence-corrected chi connectivity index (χ3v) is 3.98. The Kier molecular flexibility index (Phi) is 4.04. The van der Waals surface area contributed by atoms with E-state index >= 15 is 0 Å². The first-order valence-corrected chi connectivity index (χ1v) is 6.88. The Hall–Kier alpha value is -0.835. The molecule has 0 spiro atoms. The third kappa shape index (κ3) is 3.02. The Balaban J connectivity index is 2.08. The second-order valence-corrected chi connectivity index (χ2v) is 5.97. The van der Waals surface area contributed by atoms with E-state index in [2.05, 4.69) is 52.0 Å². The molecule has 3 nitrogen and oxygen atoms in total. The zero-order chi connectivity index (χ0) is 14.1. The second kappa shape index (κ2) is 5.27. The van der Waals surface area contributed by atoms with Crippen LogP contribution in [0.15, 0.2) is 24.3 Å². The molecular weight excluding hydrogens is 239 g/mol. The first-order chi connectivity index (χ1) is 8.86. The van der Waals surface area contributed by atoms with Gasteiger partial charge in [-0.25, -0.2) is 0 Å². The molecule has 0 unspecified atom stereocenters. The van der Waals surface area contributed by atoms with Crippen LogP contribution >= 0.6 is 0 Å². The number of hydrogen-bond acceptors (Lipinski definition) is 3. The van der Waals surface area contributed by atoms with E-state index in [0.29, 0.717) is 6.61 Å². The van der Waals surface area contributed by atoms with Crippen LogP contribution < -0.4 is 5.46 Å². The zero-order valence-electron chi connectivity index (χ0n) is 12.5. The molecule has 0 saturated carbocycles. The van der Waals surface area contributed by atoms with Gasteiger partial charge >= 0.3 is 7.12 Å². The van der Waals surface area contributed by atoms with Crippen molar-refractivity contribution in [3.8, 4) is 0 Å². The van der Waals surface area contributed by atoms with Crippen LogP contribution in [0.25, 0.3) is 0 Å². The summed E-state index contributed by atoms with van der Waals surface area (Å²) in [6.45, 7) is 11.7. The molecule has 104 valence electrons. The molecule has 1 fully saturated rings. The second-order valence-electron chi connectivity index (χ2n) is 5.97. The van der Waals surface area contributed by atoms with E-state index in [1.807, 2.05) is 6.92 Å². The average molecular weight is 262 g/mol. The van der Waals surface area contributed by atoms with Crippen molar-refractivity contribution < 1.29 is 14.0 Å². The van der Waals surface area contributed by atoms with Gasteiger partial charge in [-0.1, -0.05) is 24.3 Å². The van der Waals surface area contributed by atoms with Gasteiger partial charge in [0.15, 0.2) is 0 Å². The van der Waals surface area contributed by atoms with Gasteiger partial charge in [-0.3, -0.25) is 0 Å². The number of ether oxygens (including phenoxy) is 1. The topological polar surface area (TPSA) is 27.7 Å². The van der Waals surface area contributed by atoms with E-state index in [1.165, 1.54) is 5.56 Å². The van der Waals surface area contributed by atoms with Crippen LogP contribution in [-0.2, 0) is 20.7 Å². The largest absolute Gasteiger partial charge is 0.494 e. The van der Waals surface area contributed by atoms with Crippen molar-refractivity contribution in [3.05, 3.63) is 29.8 Å². The summed E-state index contributed by atoms with van der Waals surface area (Å²) in [5.74, 6) is 0. The van der Waals surface area contributed by atoms with Crippen LogP contribution in [0.4, 0.5) is 0 Å². The fourth-order valence-electron chi connectivity index (χ4n) is 1.97. The standard InChI is InChI=1S/C15H23BO3/c1-6-17-11-12-7-9-13(10-8-12)16-18-14(2,3)15(4,5)19-16/h7-10H,6,11H2,1-5H3. The summed E-state index contributed by atoms with van der Waals surface area (Å²) in [5.41, 5.74) is 1.64. The maximum Gasteiger partial charge on any atom is 0.494 e. The van der Waals surface area contributed by atoms with Crippen molar-refractivity contribution in [3.63, 3.8) is 0 Å². The molecule has 0 bridgehead atoms. The zero-order valence-corrected chi connectivity index (χ0v) is 12.5. The van der Waals surface area contributed by atoms with E-state index in [1.54, 1.807) is 0 Å². The van der Waals surface area contributed by atoms with Gasteiger partial charge in [0.1, 0.15) is 0 Å². The number of rotatable bonds is 4. The van der Waals surface area contributed by atoms with Crippen LogP contribution in [0.1, 0.15) is 40.2 Å². The first-order valence-electron chi connectivity index (χ1n) is 6.88. The lowest BCUT2D eigenvalue weighted by Gasteiger charge is -2.32. The van der Waals surface area contributed by atoms with Crippen molar-refractivity contribution in [2.75, 3.05) is 6.61 Å². The van der Waals surface area contributed by atoms with Crippen LogP contribution in [0.3, 0.4) is 0 Å². The normalized spacial score (nSPS) is 20.8. The Morgan fingerprint density at radius 3 is 2.00 bits per heavy atom. The van der Waals surface area contributed by atoms with Gasteiger partial charge in [0.2, 0.25) is 0 Å². The SMILES string of the molecule is CCOCc1ccc(B2OC(C)(C)C(C)(C)O2)cc1. The fourth-order valence-corrected chi connectivity index (χ4v) is 1.97. The molecule has 0 N–H and O–H groups in total. The predicted octanol–water partition coefficient (Wildman–Crippen LogP) is 2.52.